The third-order valence-corrected chi connectivity index (χ3v) is 5.10. The fraction of sp³-hybridized carbons (Fsp3) is 0.333. The molecule has 0 aliphatic carbocycles. The van der Waals surface area contributed by atoms with Gasteiger partial charge in [-0.3, -0.25) is 4.98 Å². The molecule has 4 aromatic rings. The van der Waals surface area contributed by atoms with Gasteiger partial charge in [0.2, 0.25) is 0 Å². The highest BCUT2D eigenvalue weighted by Crippen LogP contribution is 2.36. The second-order valence-electron chi connectivity index (χ2n) is 7.42. The highest BCUT2D eigenvalue weighted by molar-refractivity contribution is 6.07. The molecule has 27 heavy (non-hydrogen) atoms. The summed E-state index contributed by atoms with van der Waals surface area (Å²) in [6.45, 7) is 9.48. The Morgan fingerprint density at radius 2 is 2.00 bits per heavy atom. The Hall–Kier alpha value is -2.73. The Bertz CT molecular complexity index is 1160. The maximum atomic E-state index is 15.3. The number of aryl methyl sites for hydroxylation is 3. The summed E-state index contributed by atoms with van der Waals surface area (Å²) in [6, 6.07) is 5.48. The second-order valence-corrected chi connectivity index (χ2v) is 7.42. The van der Waals surface area contributed by atoms with Gasteiger partial charge < -0.3 is 14.2 Å². The van der Waals surface area contributed by atoms with E-state index in [1.54, 1.807) is 26.1 Å². The van der Waals surface area contributed by atoms with E-state index in [9.17, 15) is 5.11 Å². The largest absolute Gasteiger partial charge is 0.386 e. The summed E-state index contributed by atoms with van der Waals surface area (Å²) in [5.74, 6) is 0.321. The van der Waals surface area contributed by atoms with Crippen molar-refractivity contribution in [1.29, 1.82) is 0 Å². The molecular weight excluding hydrogens is 345 g/mol. The third-order valence-electron chi connectivity index (χ3n) is 5.10. The molecule has 0 radical (unpaired) electrons. The maximum absolute atomic E-state index is 15.3. The Balaban J connectivity index is 2.08. The van der Waals surface area contributed by atoms with E-state index in [2.05, 4.69) is 10.1 Å². The lowest BCUT2D eigenvalue weighted by molar-refractivity contribution is 0.0748. The lowest BCUT2D eigenvalue weighted by Crippen LogP contribution is -2.18. The number of pyridine rings is 1. The first-order valence-electron chi connectivity index (χ1n) is 9.00. The van der Waals surface area contributed by atoms with Crippen LogP contribution in [0.15, 0.2) is 28.9 Å². The number of benzene rings is 1. The molecule has 4 rings (SSSR count). The van der Waals surface area contributed by atoms with Gasteiger partial charge in [0.05, 0.1) is 27.8 Å². The van der Waals surface area contributed by atoms with Crippen LogP contribution in [0.4, 0.5) is 4.39 Å². The normalized spacial score (nSPS) is 12.4. The van der Waals surface area contributed by atoms with Crippen LogP contribution in [-0.4, -0.2) is 19.8 Å². The van der Waals surface area contributed by atoms with Gasteiger partial charge in [-0.15, -0.1) is 0 Å². The van der Waals surface area contributed by atoms with Gasteiger partial charge in [0.15, 0.2) is 5.82 Å². The molecule has 0 fully saturated rings. The van der Waals surface area contributed by atoms with Crippen LogP contribution in [0, 0.1) is 19.7 Å². The van der Waals surface area contributed by atoms with Gasteiger partial charge in [-0.2, -0.15) is 0 Å². The monoisotopic (exact) mass is 367 g/mol. The smallest absolute Gasteiger partial charge is 0.153 e. The van der Waals surface area contributed by atoms with Crippen molar-refractivity contribution in [3.63, 3.8) is 0 Å². The standard InChI is InChI=1S/C21H22FN3O2/c1-6-25-16-9-13(17-11(2)24-27-12(17)3)10-23-19(16)14-7-8-15(21(4,5)26)18(22)20(14)25/h7-10,26H,6H2,1-5H3. The van der Waals surface area contributed by atoms with E-state index in [1.165, 1.54) is 0 Å². The summed E-state index contributed by atoms with van der Waals surface area (Å²) >= 11 is 0. The van der Waals surface area contributed by atoms with Gasteiger partial charge >= 0.3 is 0 Å². The topological polar surface area (TPSA) is 64.1 Å². The third kappa shape index (κ3) is 2.55. The molecule has 1 aromatic carbocycles. The van der Waals surface area contributed by atoms with Crippen molar-refractivity contribution in [2.75, 3.05) is 0 Å². The summed E-state index contributed by atoms with van der Waals surface area (Å²) in [6.07, 6.45) is 1.77. The van der Waals surface area contributed by atoms with Crippen LogP contribution in [0.3, 0.4) is 0 Å². The van der Waals surface area contributed by atoms with Crippen LogP contribution in [0.5, 0.6) is 0 Å². The fourth-order valence-electron chi connectivity index (χ4n) is 3.84. The molecule has 0 spiro atoms. The van der Waals surface area contributed by atoms with Gasteiger partial charge in [-0.05, 0) is 40.7 Å². The Morgan fingerprint density at radius 1 is 1.26 bits per heavy atom. The van der Waals surface area contributed by atoms with Gasteiger partial charge in [0, 0.05) is 34.8 Å². The highest BCUT2D eigenvalue weighted by Gasteiger charge is 2.25. The predicted molar refractivity (Wildman–Crippen MR) is 103 cm³/mol. The summed E-state index contributed by atoms with van der Waals surface area (Å²) in [5, 5.41) is 15.1. The van der Waals surface area contributed by atoms with Crippen molar-refractivity contribution in [2.24, 2.45) is 0 Å². The van der Waals surface area contributed by atoms with E-state index in [0.717, 1.165) is 39.0 Å². The number of hydrogen-bond donors (Lipinski definition) is 1. The summed E-state index contributed by atoms with van der Waals surface area (Å²) in [4.78, 5) is 4.63. The Kier molecular flexibility index (Phi) is 3.85. The van der Waals surface area contributed by atoms with Crippen molar-refractivity contribution < 1.29 is 14.0 Å². The molecule has 3 aromatic heterocycles. The van der Waals surface area contributed by atoms with E-state index in [1.807, 2.05) is 37.5 Å². The molecule has 140 valence electrons. The van der Waals surface area contributed by atoms with E-state index in [-0.39, 0.29) is 5.56 Å². The van der Waals surface area contributed by atoms with Crippen molar-refractivity contribution in [1.82, 2.24) is 14.7 Å². The summed E-state index contributed by atoms with van der Waals surface area (Å²) < 4.78 is 22.5. The molecule has 0 aliphatic rings. The van der Waals surface area contributed by atoms with Gasteiger partial charge in [0.1, 0.15) is 5.76 Å². The van der Waals surface area contributed by atoms with Crippen LogP contribution in [0.1, 0.15) is 37.8 Å². The molecule has 5 nitrogen and oxygen atoms in total. The average molecular weight is 367 g/mol. The molecule has 1 N–H and O–H groups in total. The molecule has 3 heterocycles. The van der Waals surface area contributed by atoms with E-state index < -0.39 is 11.4 Å². The first kappa shape index (κ1) is 17.7. The van der Waals surface area contributed by atoms with Crippen molar-refractivity contribution in [2.45, 2.75) is 46.8 Å². The highest BCUT2D eigenvalue weighted by atomic mass is 19.1. The lowest BCUT2D eigenvalue weighted by atomic mass is 9.96. The van der Waals surface area contributed by atoms with E-state index in [0.29, 0.717) is 12.1 Å². The molecule has 0 saturated heterocycles. The maximum Gasteiger partial charge on any atom is 0.153 e. The van der Waals surface area contributed by atoms with Crippen LogP contribution in [0.2, 0.25) is 0 Å². The zero-order valence-electron chi connectivity index (χ0n) is 16.1. The van der Waals surface area contributed by atoms with E-state index in [4.69, 9.17) is 4.52 Å². The van der Waals surface area contributed by atoms with Gasteiger partial charge in [0.25, 0.3) is 0 Å². The molecule has 0 amide bonds. The Morgan fingerprint density at radius 3 is 2.59 bits per heavy atom. The molecule has 0 unspecified atom stereocenters. The molecule has 0 aliphatic heterocycles. The summed E-state index contributed by atoms with van der Waals surface area (Å²) in [7, 11) is 0. The molecule has 0 bridgehead atoms. The lowest BCUT2D eigenvalue weighted by Gasteiger charge is -2.19. The number of nitrogens with zero attached hydrogens (tertiary/aromatic N) is 3. The number of fused-ring (bicyclic) bond motifs is 3. The first-order valence-corrected chi connectivity index (χ1v) is 9.00. The first-order chi connectivity index (χ1) is 12.7. The van der Waals surface area contributed by atoms with Crippen LogP contribution < -0.4 is 0 Å². The van der Waals surface area contributed by atoms with Crippen LogP contribution >= 0.6 is 0 Å². The minimum Gasteiger partial charge on any atom is -0.386 e. The van der Waals surface area contributed by atoms with Gasteiger partial charge in [-0.25, -0.2) is 4.39 Å². The average Bonchev–Trinajstić information content (AvgIpc) is 3.11. The predicted octanol–water partition coefficient (Wildman–Crippen LogP) is 4.85. The minimum absolute atomic E-state index is 0.276. The van der Waals surface area contributed by atoms with Gasteiger partial charge in [-0.1, -0.05) is 17.3 Å². The van der Waals surface area contributed by atoms with Crippen LogP contribution in [0.25, 0.3) is 33.1 Å². The fourth-order valence-corrected chi connectivity index (χ4v) is 3.84. The number of hydrogen-bond acceptors (Lipinski definition) is 4. The van der Waals surface area contributed by atoms with Crippen molar-refractivity contribution in [3.05, 3.63) is 47.2 Å². The minimum atomic E-state index is -1.26. The Labute approximate surface area is 156 Å². The zero-order valence-corrected chi connectivity index (χ0v) is 16.1. The van der Waals surface area contributed by atoms with Crippen molar-refractivity contribution in [3.8, 4) is 11.1 Å². The second kappa shape index (κ2) is 5.89. The number of aromatic nitrogens is 3. The number of aliphatic hydroxyl groups is 1. The molecule has 0 saturated carbocycles. The quantitative estimate of drug-likeness (QED) is 0.562. The van der Waals surface area contributed by atoms with E-state index >= 15 is 4.39 Å². The summed E-state index contributed by atoms with van der Waals surface area (Å²) in [5.41, 5.74) is 3.66. The molecular formula is C21H22FN3O2. The van der Waals surface area contributed by atoms with Crippen molar-refractivity contribution >= 4 is 21.9 Å². The van der Waals surface area contributed by atoms with Crippen LogP contribution in [-0.2, 0) is 12.1 Å². The molecule has 6 heteroatoms. The SMILES string of the molecule is CCn1c2cc(-c3c(C)noc3C)cnc2c2ccc(C(C)(C)O)c(F)c21. The zero-order chi connectivity index (χ0) is 19.5. The number of rotatable bonds is 3. The molecule has 0 atom stereocenters. The number of halogens is 1.